The van der Waals surface area contributed by atoms with E-state index in [0.717, 1.165) is 36.8 Å². The molecular formula is C19H28N6O. The number of anilines is 2. The first-order valence-corrected chi connectivity index (χ1v) is 8.89. The van der Waals surface area contributed by atoms with Crippen molar-refractivity contribution in [2.75, 3.05) is 24.7 Å². The van der Waals surface area contributed by atoms with E-state index >= 15 is 0 Å². The number of hydrogen-bond donors (Lipinski definition) is 3. The Morgan fingerprint density at radius 2 is 2.15 bits per heavy atom. The molecule has 2 aromatic rings. The molecule has 2 heterocycles. The second kappa shape index (κ2) is 9.82. The topological polar surface area (TPSA) is 109 Å². The third-order valence-corrected chi connectivity index (χ3v) is 4.25. The Hall–Kier alpha value is -2.54. The fourth-order valence-corrected chi connectivity index (χ4v) is 2.75. The summed E-state index contributed by atoms with van der Waals surface area (Å²) in [6.07, 6.45) is 9.49. The highest BCUT2D eigenvalue weighted by Gasteiger charge is 2.14. The molecule has 0 aliphatic carbocycles. The number of aryl methyl sites for hydroxylation is 1. The van der Waals surface area contributed by atoms with Crippen molar-refractivity contribution in [1.29, 1.82) is 0 Å². The first-order chi connectivity index (χ1) is 12.5. The maximum absolute atomic E-state index is 9.72. The maximum Gasteiger partial charge on any atom is 0.222 e. The largest absolute Gasteiger partial charge is 0.394 e. The van der Waals surface area contributed by atoms with Crippen LogP contribution in [0.5, 0.6) is 0 Å². The number of allylic oxidation sites excluding steroid dienone is 2. The molecule has 0 unspecified atom stereocenters. The number of hydrogen-bond acceptors (Lipinski definition) is 7. The summed E-state index contributed by atoms with van der Waals surface area (Å²) < 4.78 is 0. The van der Waals surface area contributed by atoms with E-state index in [-0.39, 0.29) is 18.6 Å². The summed E-state index contributed by atoms with van der Waals surface area (Å²) >= 11 is 0. The number of nitrogens with zero attached hydrogens (tertiary/aromatic N) is 4. The number of aliphatic imine (C=N–C) groups is 1. The van der Waals surface area contributed by atoms with E-state index in [9.17, 15) is 5.11 Å². The minimum atomic E-state index is -0.101. The fraction of sp³-hybridized carbons (Fsp3) is 0.474. The third-order valence-electron chi connectivity index (χ3n) is 4.25. The molecule has 0 spiro atoms. The summed E-state index contributed by atoms with van der Waals surface area (Å²) in [5.41, 5.74) is 9.54. The Morgan fingerprint density at radius 1 is 1.35 bits per heavy atom. The molecule has 0 aliphatic rings. The van der Waals surface area contributed by atoms with Gasteiger partial charge in [-0.25, -0.2) is 4.98 Å². The number of nitrogens with two attached hydrogens (primary N) is 1. The lowest BCUT2D eigenvalue weighted by Gasteiger charge is -2.18. The van der Waals surface area contributed by atoms with Crippen LogP contribution in [-0.2, 0) is 0 Å². The normalized spacial score (nSPS) is 13.5. The van der Waals surface area contributed by atoms with Gasteiger partial charge < -0.3 is 16.2 Å². The lowest BCUT2D eigenvalue weighted by Crippen LogP contribution is -2.25. The molecule has 140 valence electrons. The van der Waals surface area contributed by atoms with Crippen LogP contribution in [0.15, 0.2) is 28.9 Å². The number of aromatic nitrogens is 3. The summed E-state index contributed by atoms with van der Waals surface area (Å²) in [5, 5.41) is 13.0. The SMILES string of the molecule is CN=C/C=C(\C)CCCC[C@@H](CO)Nc1nc(N)nc2c(C)ccnc12. The van der Waals surface area contributed by atoms with Crippen molar-refractivity contribution >= 4 is 29.0 Å². The molecule has 1 atom stereocenters. The van der Waals surface area contributed by atoms with Crippen molar-refractivity contribution in [2.45, 2.75) is 45.6 Å². The molecule has 7 heteroatoms. The number of aliphatic hydroxyl groups excluding tert-OH is 1. The van der Waals surface area contributed by atoms with Crippen molar-refractivity contribution < 1.29 is 5.11 Å². The van der Waals surface area contributed by atoms with E-state index in [2.05, 4.69) is 32.2 Å². The van der Waals surface area contributed by atoms with E-state index in [1.165, 1.54) is 5.57 Å². The van der Waals surface area contributed by atoms with Crippen molar-refractivity contribution in [3.8, 4) is 0 Å². The van der Waals surface area contributed by atoms with Crippen LogP contribution in [0.1, 0.15) is 38.2 Å². The van der Waals surface area contributed by atoms with Gasteiger partial charge in [0.05, 0.1) is 18.2 Å². The minimum Gasteiger partial charge on any atom is -0.394 e. The monoisotopic (exact) mass is 356 g/mol. The van der Waals surface area contributed by atoms with Crippen LogP contribution in [0.2, 0.25) is 0 Å². The molecule has 7 nitrogen and oxygen atoms in total. The van der Waals surface area contributed by atoms with E-state index < -0.39 is 0 Å². The van der Waals surface area contributed by atoms with Crippen LogP contribution in [0.4, 0.5) is 11.8 Å². The molecule has 0 bridgehead atoms. The highest BCUT2D eigenvalue weighted by molar-refractivity contribution is 5.88. The van der Waals surface area contributed by atoms with Gasteiger partial charge in [0, 0.05) is 19.5 Å². The quantitative estimate of drug-likeness (QED) is 0.471. The molecule has 0 radical (unpaired) electrons. The maximum atomic E-state index is 9.72. The lowest BCUT2D eigenvalue weighted by atomic mass is 10.1. The first-order valence-electron chi connectivity index (χ1n) is 8.89. The summed E-state index contributed by atoms with van der Waals surface area (Å²) in [6.45, 7) is 4.09. The van der Waals surface area contributed by atoms with Crippen LogP contribution < -0.4 is 11.1 Å². The Labute approximate surface area is 154 Å². The molecule has 0 saturated heterocycles. The molecule has 4 N–H and O–H groups in total. The molecule has 2 rings (SSSR count). The highest BCUT2D eigenvalue weighted by Crippen LogP contribution is 2.23. The van der Waals surface area contributed by atoms with E-state index in [4.69, 9.17) is 5.73 Å². The Balaban J connectivity index is 2.00. The van der Waals surface area contributed by atoms with Gasteiger partial charge in [0.2, 0.25) is 5.95 Å². The molecule has 0 aliphatic heterocycles. The van der Waals surface area contributed by atoms with E-state index in [1.807, 2.05) is 25.3 Å². The number of rotatable bonds is 9. The molecule has 2 aromatic heterocycles. The van der Waals surface area contributed by atoms with Crippen molar-refractivity contribution in [3.63, 3.8) is 0 Å². The number of pyridine rings is 1. The zero-order valence-corrected chi connectivity index (χ0v) is 15.7. The van der Waals surface area contributed by atoms with Crippen molar-refractivity contribution in [1.82, 2.24) is 15.0 Å². The van der Waals surface area contributed by atoms with Crippen LogP contribution >= 0.6 is 0 Å². The van der Waals surface area contributed by atoms with Gasteiger partial charge in [-0.2, -0.15) is 4.98 Å². The van der Waals surface area contributed by atoms with Gasteiger partial charge in [-0.05, 0) is 50.8 Å². The van der Waals surface area contributed by atoms with Gasteiger partial charge in [0.15, 0.2) is 5.82 Å². The van der Waals surface area contributed by atoms with E-state index in [1.54, 1.807) is 13.2 Å². The van der Waals surface area contributed by atoms with Crippen molar-refractivity contribution in [3.05, 3.63) is 29.5 Å². The van der Waals surface area contributed by atoms with Crippen LogP contribution in [0.3, 0.4) is 0 Å². The Morgan fingerprint density at radius 3 is 2.88 bits per heavy atom. The van der Waals surface area contributed by atoms with Gasteiger partial charge in [-0.15, -0.1) is 0 Å². The van der Waals surface area contributed by atoms with Crippen LogP contribution in [-0.4, -0.2) is 46.0 Å². The van der Waals surface area contributed by atoms with Crippen LogP contribution in [0, 0.1) is 6.92 Å². The van der Waals surface area contributed by atoms with Gasteiger partial charge >= 0.3 is 0 Å². The van der Waals surface area contributed by atoms with Gasteiger partial charge in [0.1, 0.15) is 5.52 Å². The van der Waals surface area contributed by atoms with E-state index in [0.29, 0.717) is 11.3 Å². The molecular weight excluding hydrogens is 328 g/mol. The smallest absolute Gasteiger partial charge is 0.222 e. The number of nitrogens with one attached hydrogen (secondary N) is 1. The number of nitrogen functional groups attached to an aromatic ring is 1. The number of unbranched alkanes of at least 4 members (excludes halogenated alkanes) is 1. The number of fused-ring (bicyclic) bond motifs is 1. The average molecular weight is 356 g/mol. The van der Waals surface area contributed by atoms with Crippen LogP contribution in [0.25, 0.3) is 11.0 Å². The van der Waals surface area contributed by atoms with Gasteiger partial charge in [0.25, 0.3) is 0 Å². The standard InChI is InChI=1S/C19H28N6O/c1-13(8-10-21-3)6-4-5-7-15(12-26)23-18-17-16(24-19(20)25-18)14(2)9-11-22-17/h8-11,15,26H,4-7,12H2,1-3H3,(H3,20,23,24,25)/b13-8+,21-10?/t15-/m0/s1. The Kier molecular flexibility index (Phi) is 7.47. The van der Waals surface area contributed by atoms with Gasteiger partial charge in [-0.3, -0.25) is 9.98 Å². The lowest BCUT2D eigenvalue weighted by molar-refractivity contribution is 0.266. The predicted octanol–water partition coefficient (Wildman–Crippen LogP) is 2.90. The Bertz CT molecular complexity index is 787. The summed E-state index contributed by atoms with van der Waals surface area (Å²) in [6, 6.07) is 1.79. The molecule has 0 aromatic carbocycles. The minimum absolute atomic E-state index is 0.0224. The molecule has 0 amide bonds. The molecule has 0 fully saturated rings. The zero-order chi connectivity index (χ0) is 18.9. The summed E-state index contributed by atoms with van der Waals surface area (Å²) in [4.78, 5) is 16.9. The first kappa shape index (κ1) is 19.8. The fourth-order valence-electron chi connectivity index (χ4n) is 2.75. The summed E-state index contributed by atoms with van der Waals surface area (Å²) in [5.74, 6) is 0.775. The zero-order valence-electron chi connectivity index (χ0n) is 15.7. The average Bonchev–Trinajstić information content (AvgIpc) is 2.63. The second-order valence-corrected chi connectivity index (χ2v) is 6.45. The highest BCUT2D eigenvalue weighted by atomic mass is 16.3. The molecule has 0 saturated carbocycles. The van der Waals surface area contributed by atoms with Gasteiger partial charge in [-0.1, -0.05) is 12.0 Å². The molecule has 26 heavy (non-hydrogen) atoms. The third kappa shape index (κ3) is 5.49. The second-order valence-electron chi connectivity index (χ2n) is 6.45. The van der Waals surface area contributed by atoms with Crippen molar-refractivity contribution in [2.24, 2.45) is 4.99 Å². The summed E-state index contributed by atoms with van der Waals surface area (Å²) in [7, 11) is 1.77. The predicted molar refractivity (Wildman–Crippen MR) is 108 cm³/mol. The number of aliphatic hydroxyl groups is 1.